The van der Waals surface area contributed by atoms with Gasteiger partial charge in [0, 0.05) is 37.3 Å². The Bertz CT molecular complexity index is 1140. The molecule has 0 bridgehead atoms. The Morgan fingerprint density at radius 1 is 0.865 bits per heavy atom. The highest BCUT2D eigenvalue weighted by atomic mass is 16.7. The molecule has 1 N–H and O–H groups in total. The van der Waals surface area contributed by atoms with Gasteiger partial charge < -0.3 is 29.3 Å². The molecule has 0 spiro atoms. The van der Waals surface area contributed by atoms with Gasteiger partial charge in [-0.15, -0.1) is 0 Å². The van der Waals surface area contributed by atoms with Crippen molar-refractivity contribution in [1.29, 1.82) is 0 Å². The van der Waals surface area contributed by atoms with Crippen molar-refractivity contribution in [3.63, 3.8) is 0 Å². The molecular weight excluding hydrogens is 474 g/mol. The lowest BCUT2D eigenvalue weighted by molar-refractivity contribution is -0.136. The zero-order valence-electron chi connectivity index (χ0n) is 21.1. The number of piperidine rings is 2. The number of amides is 3. The number of fused-ring (bicyclic) bond motifs is 1. The van der Waals surface area contributed by atoms with Crippen LogP contribution in [0.15, 0.2) is 42.5 Å². The lowest BCUT2D eigenvalue weighted by Gasteiger charge is -2.38. The SMILES string of the molecule is COc1ccc(C(=O)N[C@@H](C(=O)N2CCCCC2)C2CCN(C(=O)c3ccc4c(c3)OCO4)CC2)cc1. The maximum atomic E-state index is 13.6. The van der Waals surface area contributed by atoms with Gasteiger partial charge in [0.05, 0.1) is 7.11 Å². The van der Waals surface area contributed by atoms with E-state index < -0.39 is 6.04 Å². The largest absolute Gasteiger partial charge is 0.497 e. The quantitative estimate of drug-likeness (QED) is 0.646. The number of carbonyl (C=O) groups is 3. The van der Waals surface area contributed by atoms with Crippen LogP contribution in [0.3, 0.4) is 0 Å². The van der Waals surface area contributed by atoms with Crippen LogP contribution in [0, 0.1) is 5.92 Å². The molecule has 3 amide bonds. The van der Waals surface area contributed by atoms with Crippen LogP contribution in [0.2, 0.25) is 0 Å². The molecular formula is C28H33N3O6. The molecule has 2 fully saturated rings. The second-order valence-electron chi connectivity index (χ2n) is 9.76. The summed E-state index contributed by atoms with van der Waals surface area (Å²) in [5.74, 6) is 1.45. The van der Waals surface area contributed by atoms with E-state index in [1.807, 2.05) is 9.80 Å². The molecule has 3 heterocycles. The first-order chi connectivity index (χ1) is 18.0. The average Bonchev–Trinajstić information content (AvgIpc) is 3.44. The Kier molecular flexibility index (Phi) is 7.48. The maximum Gasteiger partial charge on any atom is 0.253 e. The van der Waals surface area contributed by atoms with Crippen molar-refractivity contribution >= 4 is 17.7 Å². The summed E-state index contributed by atoms with van der Waals surface area (Å²) < 4.78 is 15.9. The molecule has 9 heteroatoms. The van der Waals surface area contributed by atoms with Crippen molar-refractivity contribution in [3.8, 4) is 17.2 Å². The number of hydrogen-bond acceptors (Lipinski definition) is 6. The highest BCUT2D eigenvalue weighted by Gasteiger charge is 2.37. The van der Waals surface area contributed by atoms with E-state index in [9.17, 15) is 14.4 Å². The summed E-state index contributed by atoms with van der Waals surface area (Å²) >= 11 is 0. The van der Waals surface area contributed by atoms with Gasteiger partial charge >= 0.3 is 0 Å². The Balaban J connectivity index is 1.27. The third-order valence-electron chi connectivity index (χ3n) is 7.49. The van der Waals surface area contributed by atoms with Crippen LogP contribution >= 0.6 is 0 Å². The van der Waals surface area contributed by atoms with Crippen LogP contribution in [0.1, 0.15) is 52.8 Å². The molecule has 37 heavy (non-hydrogen) atoms. The smallest absolute Gasteiger partial charge is 0.253 e. The molecule has 2 aromatic rings. The van der Waals surface area contributed by atoms with Crippen LogP contribution in [0.5, 0.6) is 17.2 Å². The molecule has 3 aliphatic rings. The molecule has 9 nitrogen and oxygen atoms in total. The molecule has 2 saturated heterocycles. The number of carbonyl (C=O) groups excluding carboxylic acids is 3. The normalized spacial score (nSPS) is 18.3. The fourth-order valence-electron chi connectivity index (χ4n) is 5.31. The third kappa shape index (κ3) is 5.50. The summed E-state index contributed by atoms with van der Waals surface area (Å²) in [7, 11) is 1.58. The van der Waals surface area contributed by atoms with Gasteiger partial charge in [0.25, 0.3) is 11.8 Å². The van der Waals surface area contributed by atoms with Gasteiger partial charge in [0.15, 0.2) is 11.5 Å². The van der Waals surface area contributed by atoms with E-state index in [0.29, 0.717) is 54.3 Å². The molecule has 1 atom stereocenters. The van der Waals surface area contributed by atoms with Gasteiger partial charge in [-0.05, 0) is 80.5 Å². The van der Waals surface area contributed by atoms with Crippen molar-refractivity contribution in [1.82, 2.24) is 15.1 Å². The maximum absolute atomic E-state index is 13.6. The number of hydrogen-bond donors (Lipinski definition) is 1. The summed E-state index contributed by atoms with van der Waals surface area (Å²) in [4.78, 5) is 43.6. The fourth-order valence-corrected chi connectivity index (χ4v) is 5.31. The molecule has 196 valence electrons. The van der Waals surface area contributed by atoms with E-state index in [2.05, 4.69) is 5.32 Å². The van der Waals surface area contributed by atoms with E-state index >= 15 is 0 Å². The first-order valence-electron chi connectivity index (χ1n) is 13.0. The van der Waals surface area contributed by atoms with Crippen LogP contribution < -0.4 is 19.5 Å². The predicted octanol–water partition coefficient (Wildman–Crippen LogP) is 3.09. The van der Waals surface area contributed by atoms with E-state index in [4.69, 9.17) is 14.2 Å². The Morgan fingerprint density at radius 3 is 2.24 bits per heavy atom. The number of nitrogens with one attached hydrogen (secondary N) is 1. The van der Waals surface area contributed by atoms with E-state index in [0.717, 1.165) is 32.4 Å². The third-order valence-corrected chi connectivity index (χ3v) is 7.49. The minimum absolute atomic E-state index is 0.0258. The highest BCUT2D eigenvalue weighted by Crippen LogP contribution is 2.33. The van der Waals surface area contributed by atoms with Crippen molar-refractivity contribution in [3.05, 3.63) is 53.6 Å². The summed E-state index contributed by atoms with van der Waals surface area (Å²) in [6.07, 6.45) is 4.33. The lowest BCUT2D eigenvalue weighted by atomic mass is 9.87. The number of likely N-dealkylation sites (tertiary alicyclic amines) is 2. The zero-order chi connectivity index (χ0) is 25.8. The predicted molar refractivity (Wildman–Crippen MR) is 136 cm³/mol. The molecule has 0 aliphatic carbocycles. The second kappa shape index (κ2) is 11.1. The Labute approximate surface area is 216 Å². The van der Waals surface area contributed by atoms with Crippen LogP contribution in [-0.4, -0.2) is 73.6 Å². The van der Waals surface area contributed by atoms with E-state index in [1.54, 1.807) is 49.6 Å². The van der Waals surface area contributed by atoms with Crippen molar-refractivity contribution in [2.24, 2.45) is 5.92 Å². The number of ether oxygens (including phenoxy) is 3. The van der Waals surface area contributed by atoms with Crippen LogP contribution in [-0.2, 0) is 4.79 Å². The second-order valence-corrected chi connectivity index (χ2v) is 9.76. The van der Waals surface area contributed by atoms with Crippen LogP contribution in [0.4, 0.5) is 0 Å². The molecule has 0 unspecified atom stereocenters. The standard InChI is InChI=1S/C28H33N3O6/c1-35-22-8-5-20(6-9-22)26(32)29-25(28(34)30-13-3-2-4-14-30)19-11-15-31(16-12-19)27(33)21-7-10-23-24(17-21)37-18-36-23/h5-10,17,19,25H,2-4,11-16,18H2,1H3,(H,29,32)/t25-/m1/s1. The summed E-state index contributed by atoms with van der Waals surface area (Å²) in [5, 5.41) is 3.04. The molecule has 5 rings (SSSR count). The topological polar surface area (TPSA) is 97.4 Å². The number of benzene rings is 2. The minimum atomic E-state index is -0.629. The van der Waals surface area contributed by atoms with E-state index in [1.165, 1.54) is 0 Å². The van der Waals surface area contributed by atoms with Crippen molar-refractivity contribution < 1.29 is 28.6 Å². The molecule has 0 saturated carbocycles. The molecule has 0 aromatic heterocycles. The van der Waals surface area contributed by atoms with Crippen molar-refractivity contribution in [2.45, 2.75) is 38.1 Å². The van der Waals surface area contributed by atoms with Gasteiger partial charge in [-0.3, -0.25) is 14.4 Å². The van der Waals surface area contributed by atoms with Gasteiger partial charge in [-0.1, -0.05) is 0 Å². The number of methoxy groups -OCH3 is 1. The van der Waals surface area contributed by atoms with Crippen LogP contribution in [0.25, 0.3) is 0 Å². The monoisotopic (exact) mass is 507 g/mol. The number of rotatable bonds is 6. The minimum Gasteiger partial charge on any atom is -0.497 e. The van der Waals surface area contributed by atoms with Gasteiger partial charge in [-0.25, -0.2) is 0 Å². The zero-order valence-corrected chi connectivity index (χ0v) is 21.1. The van der Waals surface area contributed by atoms with Crippen molar-refractivity contribution in [2.75, 3.05) is 40.1 Å². The molecule has 3 aliphatic heterocycles. The molecule has 0 radical (unpaired) electrons. The van der Waals surface area contributed by atoms with E-state index in [-0.39, 0.29) is 30.4 Å². The number of nitrogens with zero attached hydrogens (tertiary/aromatic N) is 2. The lowest BCUT2D eigenvalue weighted by Crippen LogP contribution is -2.55. The Hall–Kier alpha value is -3.75. The Morgan fingerprint density at radius 2 is 1.54 bits per heavy atom. The van der Waals surface area contributed by atoms with Gasteiger partial charge in [0.1, 0.15) is 11.8 Å². The summed E-state index contributed by atoms with van der Waals surface area (Å²) in [6.45, 7) is 2.62. The highest BCUT2D eigenvalue weighted by molar-refractivity contribution is 5.98. The first-order valence-corrected chi connectivity index (χ1v) is 13.0. The average molecular weight is 508 g/mol. The van der Waals surface area contributed by atoms with Gasteiger partial charge in [0.2, 0.25) is 12.7 Å². The fraction of sp³-hybridized carbons (Fsp3) is 0.464. The summed E-state index contributed by atoms with van der Waals surface area (Å²) in [5.41, 5.74) is 1.03. The van der Waals surface area contributed by atoms with Gasteiger partial charge in [-0.2, -0.15) is 0 Å². The summed E-state index contributed by atoms with van der Waals surface area (Å²) in [6, 6.07) is 11.5. The first kappa shape index (κ1) is 24.9. The molecule has 2 aromatic carbocycles.